The number of carbonyl (C=O) groups excluding carboxylic acids is 2. The fourth-order valence-electron chi connectivity index (χ4n) is 4.40. The first kappa shape index (κ1) is 32.4. The normalized spacial score (nSPS) is 12.5. The first-order chi connectivity index (χ1) is 19.1. The molecule has 2 amide bonds. The van der Waals surface area contributed by atoms with E-state index in [4.69, 9.17) is 23.2 Å². The van der Waals surface area contributed by atoms with E-state index < -0.39 is 34.1 Å². The van der Waals surface area contributed by atoms with E-state index in [0.717, 1.165) is 9.87 Å². The molecule has 1 N–H and O–H groups in total. The van der Waals surface area contributed by atoms with Gasteiger partial charge in [-0.25, -0.2) is 8.42 Å². The molecule has 0 saturated carbocycles. The molecule has 0 aromatic heterocycles. The number of anilines is 1. The molecule has 7 nitrogen and oxygen atoms in total. The van der Waals surface area contributed by atoms with E-state index in [1.807, 2.05) is 27.7 Å². The van der Waals surface area contributed by atoms with Gasteiger partial charge in [0, 0.05) is 22.1 Å². The molecule has 3 aromatic rings. The topological polar surface area (TPSA) is 86.8 Å². The van der Waals surface area contributed by atoms with Crippen LogP contribution in [-0.4, -0.2) is 43.3 Å². The molecule has 0 unspecified atom stereocenters. The van der Waals surface area contributed by atoms with Crippen molar-refractivity contribution in [3.8, 4) is 0 Å². The molecule has 3 aromatic carbocycles. The molecule has 1 atom stereocenters. The molecule has 0 aliphatic carbocycles. The van der Waals surface area contributed by atoms with Gasteiger partial charge in [0.25, 0.3) is 10.0 Å². The summed E-state index contributed by atoms with van der Waals surface area (Å²) in [7, 11) is -4.15. The van der Waals surface area contributed by atoms with Crippen LogP contribution in [0.2, 0.25) is 10.0 Å². The number of hydrogen-bond donors (Lipinski definition) is 1. The number of sulfonamides is 1. The second-order valence-corrected chi connectivity index (χ2v) is 13.7. The van der Waals surface area contributed by atoms with Crippen molar-refractivity contribution in [3.05, 3.63) is 93.5 Å². The summed E-state index contributed by atoms with van der Waals surface area (Å²) in [6.07, 6.45) is 0.300. The van der Waals surface area contributed by atoms with Gasteiger partial charge >= 0.3 is 0 Å². The standard InChI is InChI=1S/C31H37Cl2N3O4S/c1-7-27(30(38)34-31(4,5)6)35(19-23-14-15-24(32)18-26(23)33)29(37)20-36(28-11-9-8-10-22(28)3)41(39,40)25-16-12-21(2)13-17-25/h8-18,27H,7,19-20H2,1-6H3,(H,34,38)/t27-/m1/s1. The van der Waals surface area contributed by atoms with E-state index in [1.165, 1.54) is 17.0 Å². The van der Waals surface area contributed by atoms with Gasteiger partial charge in [-0.2, -0.15) is 0 Å². The molecule has 0 radical (unpaired) electrons. The maximum atomic E-state index is 14.2. The third-order valence-electron chi connectivity index (χ3n) is 6.51. The molecule has 0 spiro atoms. The summed E-state index contributed by atoms with van der Waals surface area (Å²) in [6.45, 7) is 10.5. The first-order valence-electron chi connectivity index (χ1n) is 13.3. The van der Waals surface area contributed by atoms with E-state index in [2.05, 4.69) is 5.32 Å². The number of hydrogen-bond acceptors (Lipinski definition) is 4. The van der Waals surface area contributed by atoms with Gasteiger partial charge in [-0.3, -0.25) is 13.9 Å². The van der Waals surface area contributed by atoms with Gasteiger partial charge in [-0.1, -0.05) is 72.1 Å². The van der Waals surface area contributed by atoms with Crippen molar-refractivity contribution in [1.82, 2.24) is 10.2 Å². The predicted octanol–water partition coefficient (Wildman–Crippen LogP) is 6.53. The summed E-state index contributed by atoms with van der Waals surface area (Å²) in [6, 6.07) is 17.5. The smallest absolute Gasteiger partial charge is 0.264 e. The number of carbonyl (C=O) groups is 2. The SMILES string of the molecule is CC[C@H](C(=O)NC(C)(C)C)N(Cc1ccc(Cl)cc1Cl)C(=O)CN(c1ccccc1C)S(=O)(=O)c1ccc(C)cc1. The van der Waals surface area contributed by atoms with Crippen molar-refractivity contribution in [2.75, 3.05) is 10.8 Å². The van der Waals surface area contributed by atoms with Crippen LogP contribution in [0.4, 0.5) is 5.69 Å². The minimum absolute atomic E-state index is 0.0168. The molecule has 220 valence electrons. The predicted molar refractivity (Wildman–Crippen MR) is 166 cm³/mol. The Morgan fingerprint density at radius 2 is 1.59 bits per heavy atom. The summed E-state index contributed by atoms with van der Waals surface area (Å²) in [5.41, 5.74) is 2.00. The molecular weight excluding hydrogens is 581 g/mol. The second kappa shape index (κ2) is 13.3. The molecule has 41 heavy (non-hydrogen) atoms. The molecule has 0 heterocycles. The summed E-state index contributed by atoms with van der Waals surface area (Å²) in [5.74, 6) is -0.895. The van der Waals surface area contributed by atoms with Gasteiger partial charge in [-0.05, 0) is 82.5 Å². The lowest BCUT2D eigenvalue weighted by atomic mass is 10.1. The molecular formula is C31H37Cl2N3O4S. The van der Waals surface area contributed by atoms with Gasteiger partial charge < -0.3 is 10.2 Å². The summed E-state index contributed by atoms with van der Waals surface area (Å²) >= 11 is 12.6. The van der Waals surface area contributed by atoms with Gasteiger partial charge in [-0.15, -0.1) is 0 Å². The highest BCUT2D eigenvalue weighted by Crippen LogP contribution is 2.29. The lowest BCUT2D eigenvalue weighted by Gasteiger charge is -2.35. The molecule has 0 saturated heterocycles. The van der Waals surface area contributed by atoms with Crippen molar-refractivity contribution in [3.63, 3.8) is 0 Å². The van der Waals surface area contributed by atoms with Crippen molar-refractivity contribution >= 4 is 50.7 Å². The Morgan fingerprint density at radius 1 is 0.951 bits per heavy atom. The van der Waals surface area contributed by atoms with Crippen molar-refractivity contribution in [1.29, 1.82) is 0 Å². The maximum absolute atomic E-state index is 14.2. The third-order valence-corrected chi connectivity index (χ3v) is 8.87. The Morgan fingerprint density at radius 3 is 2.15 bits per heavy atom. The van der Waals surface area contributed by atoms with Gasteiger partial charge in [0.2, 0.25) is 11.8 Å². The number of halogens is 2. The Labute approximate surface area is 253 Å². The molecule has 0 aliphatic rings. The fraction of sp³-hybridized carbons (Fsp3) is 0.355. The van der Waals surface area contributed by atoms with Crippen LogP contribution in [0.25, 0.3) is 0 Å². The number of nitrogens with zero attached hydrogens (tertiary/aromatic N) is 2. The minimum Gasteiger partial charge on any atom is -0.350 e. The van der Waals surface area contributed by atoms with Crippen LogP contribution in [0.3, 0.4) is 0 Å². The van der Waals surface area contributed by atoms with Crippen LogP contribution >= 0.6 is 23.2 Å². The Kier molecular flexibility index (Phi) is 10.5. The number of benzene rings is 3. The van der Waals surface area contributed by atoms with Crippen molar-refractivity contribution in [2.45, 2.75) is 71.0 Å². The number of nitrogens with one attached hydrogen (secondary N) is 1. The Bertz CT molecular complexity index is 1500. The first-order valence-corrected chi connectivity index (χ1v) is 15.5. The lowest BCUT2D eigenvalue weighted by Crippen LogP contribution is -2.55. The largest absolute Gasteiger partial charge is 0.350 e. The van der Waals surface area contributed by atoms with Crippen LogP contribution in [0, 0.1) is 13.8 Å². The van der Waals surface area contributed by atoms with Crippen LogP contribution in [0.15, 0.2) is 71.6 Å². The quantitative estimate of drug-likeness (QED) is 0.280. The average Bonchev–Trinajstić information content (AvgIpc) is 2.88. The Balaban J connectivity index is 2.11. The van der Waals surface area contributed by atoms with E-state index in [-0.39, 0.29) is 17.3 Å². The molecule has 0 fully saturated rings. The maximum Gasteiger partial charge on any atom is 0.264 e. The van der Waals surface area contributed by atoms with E-state index in [9.17, 15) is 18.0 Å². The molecule has 3 rings (SSSR count). The zero-order chi connectivity index (χ0) is 30.5. The van der Waals surface area contributed by atoms with Crippen LogP contribution in [-0.2, 0) is 26.2 Å². The minimum atomic E-state index is -4.15. The highest BCUT2D eigenvalue weighted by Gasteiger charge is 2.35. The van der Waals surface area contributed by atoms with Crippen molar-refractivity contribution in [2.24, 2.45) is 0 Å². The zero-order valence-corrected chi connectivity index (χ0v) is 26.6. The number of aryl methyl sites for hydroxylation is 2. The van der Waals surface area contributed by atoms with Gasteiger partial charge in [0.05, 0.1) is 10.6 Å². The van der Waals surface area contributed by atoms with Gasteiger partial charge in [0.15, 0.2) is 0 Å². The molecule has 10 heteroatoms. The highest BCUT2D eigenvalue weighted by molar-refractivity contribution is 7.92. The summed E-state index contributed by atoms with van der Waals surface area (Å²) in [4.78, 5) is 29.1. The molecule has 0 bridgehead atoms. The Hall–Kier alpha value is -3.07. The number of amides is 2. The fourth-order valence-corrected chi connectivity index (χ4v) is 6.35. The van der Waals surface area contributed by atoms with E-state index in [0.29, 0.717) is 33.3 Å². The van der Waals surface area contributed by atoms with E-state index >= 15 is 0 Å². The summed E-state index contributed by atoms with van der Waals surface area (Å²) < 4.78 is 29.1. The summed E-state index contributed by atoms with van der Waals surface area (Å²) in [5, 5.41) is 3.72. The lowest BCUT2D eigenvalue weighted by molar-refractivity contribution is -0.141. The molecule has 0 aliphatic heterocycles. The average molecular weight is 619 g/mol. The third kappa shape index (κ3) is 8.24. The zero-order valence-electron chi connectivity index (χ0n) is 24.2. The van der Waals surface area contributed by atoms with Crippen LogP contribution in [0.5, 0.6) is 0 Å². The number of rotatable bonds is 10. The second-order valence-electron chi connectivity index (χ2n) is 11.0. The van der Waals surface area contributed by atoms with Gasteiger partial charge in [0.1, 0.15) is 12.6 Å². The van der Waals surface area contributed by atoms with Crippen molar-refractivity contribution < 1.29 is 18.0 Å². The number of para-hydroxylation sites is 1. The monoisotopic (exact) mass is 617 g/mol. The van der Waals surface area contributed by atoms with Crippen LogP contribution in [0.1, 0.15) is 50.8 Å². The van der Waals surface area contributed by atoms with Crippen LogP contribution < -0.4 is 9.62 Å². The highest BCUT2D eigenvalue weighted by atomic mass is 35.5. The van der Waals surface area contributed by atoms with E-state index in [1.54, 1.807) is 68.4 Å².